The highest BCUT2D eigenvalue weighted by atomic mass is 35.5. The Hall–Kier alpha value is -3.04. The average molecular weight is 567 g/mol. The molecule has 0 atom stereocenters. The van der Waals surface area contributed by atoms with Crippen LogP contribution in [0, 0.1) is 5.82 Å². The summed E-state index contributed by atoms with van der Waals surface area (Å²) in [5, 5.41) is 0.154. The van der Waals surface area contributed by atoms with E-state index in [9.17, 15) is 18.8 Å². The highest BCUT2D eigenvalue weighted by Gasteiger charge is 2.35. The van der Waals surface area contributed by atoms with Crippen molar-refractivity contribution < 1.29 is 28.2 Å². The molecule has 0 radical (unpaired) electrons. The van der Waals surface area contributed by atoms with Crippen molar-refractivity contribution in [1.82, 2.24) is 4.90 Å². The highest BCUT2D eigenvalue weighted by molar-refractivity contribution is 8.18. The lowest BCUT2D eigenvalue weighted by Gasteiger charge is -2.13. The Bertz CT molecular complexity index is 1430. The van der Waals surface area contributed by atoms with Crippen LogP contribution in [0.5, 0.6) is 11.5 Å². The second kappa shape index (κ2) is 10.9. The highest BCUT2D eigenvalue weighted by Crippen LogP contribution is 2.36. The van der Waals surface area contributed by atoms with Gasteiger partial charge in [-0.2, -0.15) is 0 Å². The minimum Gasteiger partial charge on any atom is -0.493 e. The average Bonchev–Trinajstić information content (AvgIpc) is 3.08. The normalized spacial score (nSPS) is 14.5. The first-order valence-electron chi connectivity index (χ1n) is 10.2. The molecule has 36 heavy (non-hydrogen) atoms. The summed E-state index contributed by atoms with van der Waals surface area (Å²) in [5.74, 6) is -1.39. The van der Waals surface area contributed by atoms with Gasteiger partial charge in [-0.25, -0.2) is 9.18 Å². The largest absolute Gasteiger partial charge is 0.493 e. The van der Waals surface area contributed by atoms with Crippen molar-refractivity contribution in [2.75, 3.05) is 7.11 Å². The maximum Gasteiger partial charge on any atom is 0.345 e. The molecule has 3 aromatic rings. The van der Waals surface area contributed by atoms with E-state index in [4.69, 9.17) is 44.3 Å². The molecule has 1 aliphatic heterocycles. The van der Waals surface area contributed by atoms with E-state index >= 15 is 0 Å². The van der Waals surface area contributed by atoms with Gasteiger partial charge in [0.1, 0.15) is 5.82 Å². The smallest absolute Gasteiger partial charge is 0.345 e. The third kappa shape index (κ3) is 5.68. The Morgan fingerprint density at radius 1 is 1.00 bits per heavy atom. The van der Waals surface area contributed by atoms with Crippen LogP contribution in [0.4, 0.5) is 9.18 Å². The minimum atomic E-state index is -0.705. The number of benzene rings is 3. The summed E-state index contributed by atoms with van der Waals surface area (Å²) < 4.78 is 24.1. The van der Waals surface area contributed by atoms with Gasteiger partial charge < -0.3 is 9.47 Å². The number of ether oxygens (including phenoxy) is 2. The Morgan fingerprint density at radius 2 is 1.78 bits per heavy atom. The first-order valence-corrected chi connectivity index (χ1v) is 12.2. The predicted octanol–water partition coefficient (Wildman–Crippen LogP) is 7.25. The van der Waals surface area contributed by atoms with Crippen molar-refractivity contribution in [3.8, 4) is 11.5 Å². The van der Waals surface area contributed by atoms with E-state index in [0.717, 1.165) is 22.7 Å². The fraction of sp³-hybridized carbons (Fsp3) is 0.0800. The second-order valence-corrected chi connectivity index (χ2v) is 9.67. The van der Waals surface area contributed by atoms with Gasteiger partial charge in [-0.1, -0.05) is 46.9 Å². The van der Waals surface area contributed by atoms with Crippen molar-refractivity contribution in [2.24, 2.45) is 0 Å². The number of methoxy groups -OCH3 is 1. The molecule has 1 saturated heterocycles. The van der Waals surface area contributed by atoms with Gasteiger partial charge >= 0.3 is 5.97 Å². The van der Waals surface area contributed by atoms with Gasteiger partial charge in [0.25, 0.3) is 11.1 Å². The van der Waals surface area contributed by atoms with Crippen LogP contribution in [0.1, 0.15) is 21.5 Å². The number of amides is 2. The first-order chi connectivity index (χ1) is 17.2. The second-order valence-electron chi connectivity index (χ2n) is 7.43. The summed E-state index contributed by atoms with van der Waals surface area (Å²) >= 11 is 18.7. The molecule has 1 heterocycles. The fourth-order valence-electron chi connectivity index (χ4n) is 3.28. The molecule has 0 aromatic heterocycles. The third-order valence-electron chi connectivity index (χ3n) is 5.06. The Morgan fingerprint density at radius 3 is 2.47 bits per heavy atom. The van der Waals surface area contributed by atoms with Crippen LogP contribution in [0.25, 0.3) is 6.08 Å². The standard InChI is InChI=1S/C25H15Cl3FNO5S/c1-34-21-8-13(2-7-20(21)35-24(32)17-6-4-15(26)10-19(17)28)9-22-23(31)30(25(33)36-22)12-14-3-5-16(29)11-18(14)27/h2-11H,12H2,1H3/b22-9-. The van der Waals surface area contributed by atoms with Gasteiger partial charge in [0.15, 0.2) is 11.5 Å². The summed E-state index contributed by atoms with van der Waals surface area (Å²) in [6.07, 6.45) is 1.52. The van der Waals surface area contributed by atoms with E-state index < -0.39 is 22.9 Å². The van der Waals surface area contributed by atoms with E-state index in [1.807, 2.05) is 0 Å². The molecule has 0 bridgehead atoms. The van der Waals surface area contributed by atoms with Crippen molar-refractivity contribution in [1.29, 1.82) is 0 Å². The number of hydrogen-bond donors (Lipinski definition) is 0. The fourth-order valence-corrected chi connectivity index (χ4v) is 4.83. The quantitative estimate of drug-likeness (QED) is 0.178. The van der Waals surface area contributed by atoms with Crippen LogP contribution in [-0.2, 0) is 11.3 Å². The van der Waals surface area contributed by atoms with Gasteiger partial charge in [-0.05, 0) is 71.4 Å². The van der Waals surface area contributed by atoms with Crippen molar-refractivity contribution in [2.45, 2.75) is 6.54 Å². The van der Waals surface area contributed by atoms with E-state index in [0.29, 0.717) is 16.1 Å². The summed E-state index contributed by atoms with van der Waals surface area (Å²) in [6.45, 7) is -0.0907. The van der Waals surface area contributed by atoms with Gasteiger partial charge in [0, 0.05) is 10.0 Å². The van der Waals surface area contributed by atoms with Crippen LogP contribution in [0.3, 0.4) is 0 Å². The molecular weight excluding hydrogens is 552 g/mol. The number of esters is 1. The van der Waals surface area contributed by atoms with Crippen LogP contribution in [-0.4, -0.2) is 29.1 Å². The molecule has 11 heteroatoms. The lowest BCUT2D eigenvalue weighted by atomic mass is 10.1. The summed E-state index contributed by atoms with van der Waals surface area (Å²) in [6, 6.07) is 12.8. The number of nitrogens with zero attached hydrogens (tertiary/aromatic N) is 1. The molecule has 184 valence electrons. The lowest BCUT2D eigenvalue weighted by Crippen LogP contribution is -2.27. The molecule has 0 N–H and O–H groups in total. The maximum atomic E-state index is 13.3. The zero-order valence-corrected chi connectivity index (χ0v) is 21.5. The van der Waals surface area contributed by atoms with Gasteiger partial charge in [-0.15, -0.1) is 0 Å². The van der Waals surface area contributed by atoms with Crippen LogP contribution >= 0.6 is 46.6 Å². The van der Waals surface area contributed by atoms with Crippen LogP contribution in [0.2, 0.25) is 15.1 Å². The SMILES string of the molecule is COc1cc(/C=C2\SC(=O)N(Cc3ccc(F)cc3Cl)C2=O)ccc1OC(=O)c1ccc(Cl)cc1Cl. The maximum absolute atomic E-state index is 13.3. The van der Waals surface area contributed by atoms with E-state index in [1.54, 1.807) is 12.1 Å². The number of imide groups is 1. The number of rotatable bonds is 6. The zero-order valence-electron chi connectivity index (χ0n) is 18.4. The molecule has 1 aliphatic rings. The van der Waals surface area contributed by atoms with Crippen molar-refractivity contribution in [3.63, 3.8) is 0 Å². The Balaban J connectivity index is 1.53. The molecule has 0 unspecified atom stereocenters. The Labute approximate surface area is 224 Å². The number of carbonyl (C=O) groups excluding carboxylic acids is 3. The van der Waals surface area contributed by atoms with Crippen LogP contribution < -0.4 is 9.47 Å². The van der Waals surface area contributed by atoms with Gasteiger partial charge in [0.2, 0.25) is 0 Å². The summed E-state index contributed by atoms with van der Waals surface area (Å²) in [4.78, 5) is 39.1. The predicted molar refractivity (Wildman–Crippen MR) is 137 cm³/mol. The molecule has 0 spiro atoms. The molecule has 1 fully saturated rings. The molecule has 4 rings (SSSR count). The number of hydrogen-bond acceptors (Lipinski definition) is 6. The lowest BCUT2D eigenvalue weighted by molar-refractivity contribution is -0.123. The van der Waals surface area contributed by atoms with Crippen LogP contribution in [0.15, 0.2) is 59.5 Å². The van der Waals surface area contributed by atoms with Crippen molar-refractivity contribution >= 4 is 69.8 Å². The number of carbonyl (C=O) groups is 3. The van der Waals surface area contributed by atoms with E-state index in [1.165, 1.54) is 49.6 Å². The van der Waals surface area contributed by atoms with Crippen molar-refractivity contribution in [3.05, 3.63) is 97.1 Å². The Kier molecular flexibility index (Phi) is 7.90. The van der Waals surface area contributed by atoms with Gasteiger partial charge in [-0.3, -0.25) is 14.5 Å². The molecule has 0 saturated carbocycles. The zero-order chi connectivity index (χ0) is 26.0. The van der Waals surface area contributed by atoms with E-state index in [-0.39, 0.29) is 38.6 Å². The number of thioether (sulfide) groups is 1. The summed E-state index contributed by atoms with van der Waals surface area (Å²) in [7, 11) is 1.39. The molecular formula is C25H15Cl3FNO5S. The first kappa shape index (κ1) is 26.0. The topological polar surface area (TPSA) is 72.9 Å². The van der Waals surface area contributed by atoms with Gasteiger partial charge in [0.05, 0.1) is 29.1 Å². The minimum absolute atomic E-state index is 0.0907. The monoisotopic (exact) mass is 565 g/mol. The molecule has 3 aromatic carbocycles. The molecule has 0 aliphatic carbocycles. The third-order valence-corrected chi connectivity index (χ3v) is 6.86. The molecule has 6 nitrogen and oxygen atoms in total. The molecule has 2 amide bonds. The van der Waals surface area contributed by atoms with E-state index in [2.05, 4.69) is 0 Å². The summed E-state index contributed by atoms with van der Waals surface area (Å²) in [5.41, 5.74) is 1.10. The number of halogens is 4.